The molecule has 0 aliphatic heterocycles. The molecule has 114 valence electrons. The largest absolute Gasteiger partial charge is 0.395 e. The van der Waals surface area contributed by atoms with Gasteiger partial charge < -0.3 is 11.1 Å². The Labute approximate surface area is 123 Å². The maximum Gasteiger partial charge on any atom is 0.274 e. The van der Waals surface area contributed by atoms with E-state index in [1.54, 1.807) is 4.68 Å². The van der Waals surface area contributed by atoms with E-state index >= 15 is 0 Å². The van der Waals surface area contributed by atoms with Gasteiger partial charge in [-0.2, -0.15) is 10.2 Å². The number of nitrogen functional groups attached to an aromatic ring is 1. The summed E-state index contributed by atoms with van der Waals surface area (Å²) in [6.45, 7) is 6.37. The zero-order valence-electron chi connectivity index (χ0n) is 12.9. The van der Waals surface area contributed by atoms with E-state index in [1.807, 2.05) is 27.8 Å². The molecule has 2 aromatic rings. The van der Waals surface area contributed by atoms with Crippen LogP contribution in [0.15, 0.2) is 0 Å². The highest BCUT2D eigenvalue weighted by atomic mass is 16.1. The van der Waals surface area contributed by atoms with Gasteiger partial charge in [-0.3, -0.25) is 14.6 Å². The maximum atomic E-state index is 12.2. The molecular formula is C14H22N6O. The molecule has 0 fully saturated rings. The monoisotopic (exact) mass is 290 g/mol. The zero-order chi connectivity index (χ0) is 15.6. The molecule has 0 atom stereocenters. The van der Waals surface area contributed by atoms with Gasteiger partial charge in [0.05, 0.1) is 17.1 Å². The highest BCUT2D eigenvalue weighted by Gasteiger charge is 2.18. The number of nitrogens with two attached hydrogens (primary N) is 1. The van der Waals surface area contributed by atoms with Gasteiger partial charge in [-0.25, -0.2) is 0 Å². The summed E-state index contributed by atoms with van der Waals surface area (Å²) in [6.07, 6.45) is 1.73. The normalized spacial score (nSPS) is 10.9. The molecule has 0 aliphatic rings. The Bertz CT molecular complexity index is 655. The summed E-state index contributed by atoms with van der Waals surface area (Å²) in [6, 6.07) is 0. The number of nitrogens with one attached hydrogen (secondary N) is 2. The molecule has 21 heavy (non-hydrogen) atoms. The number of anilines is 1. The predicted molar refractivity (Wildman–Crippen MR) is 80.8 cm³/mol. The van der Waals surface area contributed by atoms with Crippen molar-refractivity contribution in [3.05, 3.63) is 28.3 Å². The summed E-state index contributed by atoms with van der Waals surface area (Å²) in [7, 11) is 1.89. The maximum absolute atomic E-state index is 12.2. The summed E-state index contributed by atoms with van der Waals surface area (Å²) in [5.41, 5.74) is 10.4. The van der Waals surface area contributed by atoms with Crippen LogP contribution in [-0.2, 0) is 20.0 Å². The Morgan fingerprint density at radius 3 is 2.71 bits per heavy atom. The fourth-order valence-electron chi connectivity index (χ4n) is 2.33. The third kappa shape index (κ3) is 2.91. The SMILES string of the molecule is CCCc1[nH]nc(C(=O)NCc2c(C)nn(C)c2C)c1N. The summed E-state index contributed by atoms with van der Waals surface area (Å²) < 4.78 is 1.80. The molecule has 0 spiro atoms. The van der Waals surface area contributed by atoms with E-state index in [1.165, 1.54) is 0 Å². The number of rotatable bonds is 5. The average Bonchev–Trinajstić information content (AvgIpc) is 2.91. The Kier molecular flexibility index (Phi) is 4.30. The Balaban J connectivity index is 2.08. The van der Waals surface area contributed by atoms with Crippen LogP contribution < -0.4 is 11.1 Å². The fraction of sp³-hybridized carbons (Fsp3) is 0.500. The van der Waals surface area contributed by atoms with Gasteiger partial charge in [0.15, 0.2) is 5.69 Å². The van der Waals surface area contributed by atoms with E-state index in [-0.39, 0.29) is 11.6 Å². The minimum absolute atomic E-state index is 0.262. The number of aryl methyl sites for hydroxylation is 3. The van der Waals surface area contributed by atoms with E-state index in [0.717, 1.165) is 35.5 Å². The van der Waals surface area contributed by atoms with Crippen LogP contribution in [0.25, 0.3) is 0 Å². The van der Waals surface area contributed by atoms with Crippen molar-refractivity contribution < 1.29 is 4.79 Å². The van der Waals surface area contributed by atoms with Crippen LogP contribution in [0.4, 0.5) is 5.69 Å². The topological polar surface area (TPSA) is 102 Å². The minimum Gasteiger partial charge on any atom is -0.395 e. The van der Waals surface area contributed by atoms with Crippen LogP contribution in [0.2, 0.25) is 0 Å². The summed E-state index contributed by atoms with van der Waals surface area (Å²) in [4.78, 5) is 12.2. The number of carbonyl (C=O) groups is 1. The second-order valence-corrected chi connectivity index (χ2v) is 5.17. The average molecular weight is 290 g/mol. The lowest BCUT2D eigenvalue weighted by Crippen LogP contribution is -2.24. The molecule has 7 heteroatoms. The lowest BCUT2D eigenvalue weighted by Gasteiger charge is -2.05. The second-order valence-electron chi connectivity index (χ2n) is 5.17. The number of hydrogen-bond donors (Lipinski definition) is 3. The van der Waals surface area contributed by atoms with Gasteiger partial charge in [0.25, 0.3) is 5.91 Å². The van der Waals surface area contributed by atoms with Gasteiger partial charge in [-0.05, 0) is 20.3 Å². The number of aromatic nitrogens is 4. The van der Waals surface area contributed by atoms with Crippen molar-refractivity contribution in [1.29, 1.82) is 0 Å². The standard InChI is InChI=1S/C14H22N6O/c1-5-6-11-12(15)13(18-17-11)14(21)16-7-10-8(2)19-20(4)9(10)3/h5-7,15H2,1-4H3,(H,16,21)(H,17,18). The van der Waals surface area contributed by atoms with Crippen molar-refractivity contribution in [3.8, 4) is 0 Å². The summed E-state index contributed by atoms with van der Waals surface area (Å²) in [5.74, 6) is -0.270. The van der Waals surface area contributed by atoms with E-state index in [2.05, 4.69) is 20.6 Å². The molecule has 0 saturated carbocycles. The van der Waals surface area contributed by atoms with Gasteiger partial charge in [-0.15, -0.1) is 0 Å². The van der Waals surface area contributed by atoms with Gasteiger partial charge in [0.1, 0.15) is 0 Å². The van der Waals surface area contributed by atoms with Crippen molar-refractivity contribution in [2.24, 2.45) is 7.05 Å². The molecule has 0 bridgehead atoms. The summed E-state index contributed by atoms with van der Waals surface area (Å²) >= 11 is 0. The van der Waals surface area contributed by atoms with Crippen LogP contribution in [-0.4, -0.2) is 25.9 Å². The first-order valence-corrected chi connectivity index (χ1v) is 7.05. The van der Waals surface area contributed by atoms with Crippen LogP contribution in [0, 0.1) is 13.8 Å². The van der Waals surface area contributed by atoms with Crippen molar-refractivity contribution in [2.75, 3.05) is 5.73 Å². The third-order valence-electron chi connectivity index (χ3n) is 3.68. The zero-order valence-corrected chi connectivity index (χ0v) is 12.9. The summed E-state index contributed by atoms with van der Waals surface area (Å²) in [5, 5.41) is 14.0. The Morgan fingerprint density at radius 1 is 1.43 bits per heavy atom. The molecular weight excluding hydrogens is 268 g/mol. The lowest BCUT2D eigenvalue weighted by atomic mass is 10.2. The quantitative estimate of drug-likeness (QED) is 0.770. The first-order valence-electron chi connectivity index (χ1n) is 7.05. The van der Waals surface area contributed by atoms with E-state index < -0.39 is 0 Å². The molecule has 0 aromatic carbocycles. The molecule has 7 nitrogen and oxygen atoms in total. The van der Waals surface area contributed by atoms with Gasteiger partial charge in [0, 0.05) is 24.8 Å². The molecule has 0 saturated heterocycles. The number of hydrogen-bond acceptors (Lipinski definition) is 4. The molecule has 1 amide bonds. The third-order valence-corrected chi connectivity index (χ3v) is 3.68. The number of carbonyl (C=O) groups excluding carboxylic acids is 1. The fourth-order valence-corrected chi connectivity index (χ4v) is 2.33. The number of nitrogens with zero attached hydrogens (tertiary/aromatic N) is 3. The van der Waals surface area contributed by atoms with Crippen LogP contribution >= 0.6 is 0 Å². The van der Waals surface area contributed by atoms with E-state index in [9.17, 15) is 4.79 Å². The van der Waals surface area contributed by atoms with Crippen LogP contribution in [0.5, 0.6) is 0 Å². The van der Waals surface area contributed by atoms with Crippen molar-refractivity contribution >= 4 is 11.6 Å². The number of H-pyrrole nitrogens is 1. The Morgan fingerprint density at radius 2 is 2.14 bits per heavy atom. The van der Waals surface area contributed by atoms with Crippen molar-refractivity contribution in [3.63, 3.8) is 0 Å². The van der Waals surface area contributed by atoms with Crippen LogP contribution in [0.1, 0.15) is 46.5 Å². The molecule has 4 N–H and O–H groups in total. The molecule has 0 aliphatic carbocycles. The van der Waals surface area contributed by atoms with Gasteiger partial charge in [0.2, 0.25) is 0 Å². The first-order chi connectivity index (χ1) is 9.95. The first kappa shape index (κ1) is 15.1. The van der Waals surface area contributed by atoms with E-state index in [4.69, 9.17) is 5.73 Å². The molecule has 0 radical (unpaired) electrons. The number of aromatic amines is 1. The minimum atomic E-state index is -0.270. The van der Waals surface area contributed by atoms with Gasteiger partial charge >= 0.3 is 0 Å². The van der Waals surface area contributed by atoms with Crippen molar-refractivity contribution in [1.82, 2.24) is 25.3 Å². The highest BCUT2D eigenvalue weighted by Crippen LogP contribution is 2.16. The molecule has 2 heterocycles. The lowest BCUT2D eigenvalue weighted by molar-refractivity contribution is 0.0946. The predicted octanol–water partition coefficient (Wildman–Crippen LogP) is 1.22. The van der Waals surface area contributed by atoms with E-state index in [0.29, 0.717) is 12.2 Å². The molecule has 2 aromatic heterocycles. The van der Waals surface area contributed by atoms with Gasteiger partial charge in [-0.1, -0.05) is 13.3 Å². The highest BCUT2D eigenvalue weighted by molar-refractivity contribution is 5.97. The molecule has 0 unspecified atom stereocenters. The van der Waals surface area contributed by atoms with Crippen LogP contribution in [0.3, 0.4) is 0 Å². The second kappa shape index (κ2) is 5.99. The Hall–Kier alpha value is -2.31. The molecule has 2 rings (SSSR count). The number of amides is 1. The van der Waals surface area contributed by atoms with Crippen molar-refractivity contribution in [2.45, 2.75) is 40.2 Å². The smallest absolute Gasteiger partial charge is 0.274 e.